The molecule has 4 aromatic rings. The molecule has 0 aliphatic rings. The second-order valence-electron chi connectivity index (χ2n) is 5.66. The van der Waals surface area contributed by atoms with Gasteiger partial charge in [0.25, 0.3) is 0 Å². The summed E-state index contributed by atoms with van der Waals surface area (Å²) in [5.74, 6) is -5.00. The number of hydrogen-bond donors (Lipinski definition) is 2. The van der Waals surface area contributed by atoms with Crippen molar-refractivity contribution in [2.24, 2.45) is 0 Å². The Bertz CT molecular complexity index is 1050. The van der Waals surface area contributed by atoms with Crippen LogP contribution in [-0.4, -0.2) is 39.6 Å². The van der Waals surface area contributed by atoms with Crippen LogP contribution < -0.4 is 0 Å². The van der Waals surface area contributed by atoms with Crippen molar-refractivity contribution in [3.8, 4) is 0 Å². The van der Waals surface area contributed by atoms with E-state index in [1.54, 1.807) is 36.4 Å². The first-order valence-corrected chi connectivity index (χ1v) is 8.90. The zero-order valence-corrected chi connectivity index (χ0v) is 14.6. The number of hydrogen-bond acceptors (Lipinski definition) is 8. The fourth-order valence-electron chi connectivity index (χ4n) is 2.94. The topological polar surface area (TPSA) is 126 Å². The van der Waals surface area contributed by atoms with E-state index in [1.807, 2.05) is 0 Å². The third kappa shape index (κ3) is 2.78. The predicted octanol–water partition coefficient (Wildman–Crippen LogP) is 2.73. The summed E-state index contributed by atoms with van der Waals surface area (Å²) in [5.41, 5.74) is 3.10. The summed E-state index contributed by atoms with van der Waals surface area (Å²) in [7, 11) is 0. The van der Waals surface area contributed by atoms with Gasteiger partial charge in [0, 0.05) is 0 Å². The molecule has 0 bridgehead atoms. The molecule has 0 saturated heterocycles. The molecule has 0 radical (unpaired) electrons. The van der Waals surface area contributed by atoms with Crippen molar-refractivity contribution in [2.75, 3.05) is 0 Å². The van der Waals surface area contributed by atoms with Gasteiger partial charge in [-0.1, -0.05) is 12.1 Å². The van der Waals surface area contributed by atoms with Gasteiger partial charge in [-0.25, -0.2) is 0 Å². The first-order valence-electron chi connectivity index (χ1n) is 7.44. The maximum absolute atomic E-state index is 12.0. The number of rotatable bonds is 5. The van der Waals surface area contributed by atoms with Gasteiger partial charge < -0.3 is 10.2 Å². The standard InChI is InChI=1S/C16H10N4O4S2/c21-15(22)13(7-1-3-9-11(5-7)19-25-17-9)14(16(23)24)8-2-4-10-12(6-8)20-26-18-10/h1-6,13-14H,(H,21,22)(H,23,24). The van der Waals surface area contributed by atoms with E-state index in [1.165, 1.54) is 0 Å². The van der Waals surface area contributed by atoms with Crippen molar-refractivity contribution < 1.29 is 19.8 Å². The highest BCUT2D eigenvalue weighted by Crippen LogP contribution is 2.36. The Hall–Kier alpha value is -2.98. The zero-order chi connectivity index (χ0) is 18.3. The van der Waals surface area contributed by atoms with Gasteiger partial charge in [-0.3, -0.25) is 9.59 Å². The third-order valence-corrected chi connectivity index (χ3v) is 5.25. The van der Waals surface area contributed by atoms with Crippen LogP contribution in [-0.2, 0) is 9.59 Å². The van der Waals surface area contributed by atoms with Gasteiger partial charge >= 0.3 is 11.9 Å². The van der Waals surface area contributed by atoms with Crippen LogP contribution in [0, 0.1) is 0 Å². The van der Waals surface area contributed by atoms with Gasteiger partial charge in [0.2, 0.25) is 0 Å². The molecule has 2 unspecified atom stereocenters. The number of fused-ring (bicyclic) bond motifs is 2. The van der Waals surface area contributed by atoms with Crippen molar-refractivity contribution in [1.29, 1.82) is 0 Å². The number of nitrogens with zero attached hydrogens (tertiary/aromatic N) is 4. The minimum atomic E-state index is -1.28. The minimum Gasteiger partial charge on any atom is -0.481 e. The lowest BCUT2D eigenvalue weighted by Gasteiger charge is -2.21. The lowest BCUT2D eigenvalue weighted by Crippen LogP contribution is -2.26. The summed E-state index contributed by atoms with van der Waals surface area (Å²) >= 11 is 2.03. The number of aliphatic carboxylic acids is 2. The quantitative estimate of drug-likeness (QED) is 0.536. The van der Waals surface area contributed by atoms with E-state index in [2.05, 4.69) is 17.5 Å². The Morgan fingerprint density at radius 3 is 1.46 bits per heavy atom. The van der Waals surface area contributed by atoms with Crippen LogP contribution in [0.5, 0.6) is 0 Å². The maximum Gasteiger partial charge on any atom is 0.312 e. The molecule has 10 heteroatoms. The van der Waals surface area contributed by atoms with E-state index in [0.717, 1.165) is 23.5 Å². The van der Waals surface area contributed by atoms with Gasteiger partial charge in [-0.15, -0.1) is 0 Å². The molecule has 0 saturated carbocycles. The van der Waals surface area contributed by atoms with Crippen LogP contribution in [0.4, 0.5) is 0 Å². The molecule has 0 spiro atoms. The van der Waals surface area contributed by atoms with E-state index in [0.29, 0.717) is 33.2 Å². The van der Waals surface area contributed by atoms with Crippen LogP contribution in [0.3, 0.4) is 0 Å². The summed E-state index contributed by atoms with van der Waals surface area (Å²) in [5, 5.41) is 19.6. The van der Waals surface area contributed by atoms with Crippen molar-refractivity contribution >= 4 is 57.5 Å². The van der Waals surface area contributed by atoms with Gasteiger partial charge in [0.05, 0.1) is 35.3 Å². The molecule has 4 rings (SSSR count). The largest absolute Gasteiger partial charge is 0.481 e. The Kier molecular flexibility index (Phi) is 4.05. The lowest BCUT2D eigenvalue weighted by molar-refractivity contribution is -0.147. The molecule has 2 atom stereocenters. The highest BCUT2D eigenvalue weighted by Gasteiger charge is 2.37. The third-order valence-electron chi connectivity index (χ3n) is 4.14. The normalized spacial score (nSPS) is 13.7. The molecule has 2 aromatic heterocycles. The van der Waals surface area contributed by atoms with E-state index in [4.69, 9.17) is 0 Å². The van der Waals surface area contributed by atoms with Gasteiger partial charge in [-0.2, -0.15) is 17.5 Å². The molecule has 0 amide bonds. The Morgan fingerprint density at radius 1 is 0.692 bits per heavy atom. The molecular formula is C16H10N4O4S2. The second kappa shape index (κ2) is 6.39. The van der Waals surface area contributed by atoms with Gasteiger partial charge in [0.15, 0.2) is 0 Å². The summed E-state index contributed by atoms with van der Waals surface area (Å²) < 4.78 is 16.4. The van der Waals surface area contributed by atoms with Gasteiger partial charge in [-0.05, 0) is 35.4 Å². The van der Waals surface area contributed by atoms with Crippen molar-refractivity contribution in [1.82, 2.24) is 17.5 Å². The summed E-state index contributed by atoms with van der Waals surface area (Å²) in [6.45, 7) is 0. The highest BCUT2D eigenvalue weighted by atomic mass is 32.1. The monoisotopic (exact) mass is 386 g/mol. The van der Waals surface area contributed by atoms with Crippen molar-refractivity contribution in [3.05, 3.63) is 47.5 Å². The van der Waals surface area contributed by atoms with Crippen LogP contribution in [0.2, 0.25) is 0 Å². The number of aromatic nitrogens is 4. The first kappa shape index (κ1) is 16.5. The predicted molar refractivity (Wildman–Crippen MR) is 95.6 cm³/mol. The van der Waals surface area contributed by atoms with Crippen LogP contribution in [0.25, 0.3) is 22.1 Å². The smallest absolute Gasteiger partial charge is 0.312 e. The van der Waals surface area contributed by atoms with Crippen LogP contribution in [0.1, 0.15) is 23.0 Å². The summed E-state index contributed by atoms with van der Waals surface area (Å²) in [6.07, 6.45) is 0. The number of benzene rings is 2. The highest BCUT2D eigenvalue weighted by molar-refractivity contribution is 7.00. The lowest BCUT2D eigenvalue weighted by atomic mass is 9.81. The Balaban J connectivity index is 1.85. The maximum atomic E-state index is 12.0. The van der Waals surface area contributed by atoms with E-state index in [-0.39, 0.29) is 0 Å². The Morgan fingerprint density at radius 2 is 1.08 bits per heavy atom. The van der Waals surface area contributed by atoms with Gasteiger partial charge in [0.1, 0.15) is 22.1 Å². The van der Waals surface area contributed by atoms with E-state index < -0.39 is 23.8 Å². The molecule has 0 aliphatic carbocycles. The average molecular weight is 386 g/mol. The fraction of sp³-hybridized carbons (Fsp3) is 0.125. The number of carboxylic acids is 2. The average Bonchev–Trinajstić information content (AvgIpc) is 3.26. The second-order valence-corrected chi connectivity index (χ2v) is 6.71. The molecule has 2 heterocycles. The van der Waals surface area contributed by atoms with Crippen LogP contribution >= 0.6 is 23.5 Å². The van der Waals surface area contributed by atoms with Crippen LogP contribution in [0.15, 0.2) is 36.4 Å². The molecule has 26 heavy (non-hydrogen) atoms. The summed E-state index contributed by atoms with van der Waals surface area (Å²) in [4.78, 5) is 24.0. The molecule has 2 N–H and O–H groups in total. The van der Waals surface area contributed by atoms with E-state index in [9.17, 15) is 19.8 Å². The molecule has 0 fully saturated rings. The SMILES string of the molecule is O=C(O)C(c1ccc2nsnc2c1)C(C(=O)O)c1ccc2nsnc2c1. The fourth-order valence-corrected chi connectivity index (χ4v) is 3.98. The van der Waals surface area contributed by atoms with E-state index >= 15 is 0 Å². The number of carbonyl (C=O) groups is 2. The summed E-state index contributed by atoms with van der Waals surface area (Å²) in [6, 6.07) is 9.63. The molecule has 8 nitrogen and oxygen atoms in total. The van der Waals surface area contributed by atoms with Crippen molar-refractivity contribution in [2.45, 2.75) is 11.8 Å². The zero-order valence-electron chi connectivity index (χ0n) is 12.9. The molecule has 130 valence electrons. The Labute approximate surface area is 154 Å². The molecular weight excluding hydrogens is 376 g/mol. The minimum absolute atomic E-state index is 0.363. The first-order chi connectivity index (χ1) is 12.5. The molecule has 0 aliphatic heterocycles. The van der Waals surface area contributed by atoms with Crippen molar-refractivity contribution in [3.63, 3.8) is 0 Å². The molecule has 2 aromatic carbocycles. The number of carboxylic acid groups (broad SMARTS) is 2.